The van der Waals surface area contributed by atoms with Gasteiger partial charge in [0.1, 0.15) is 5.84 Å². The van der Waals surface area contributed by atoms with Crippen LogP contribution in [-0.2, 0) is 0 Å². The molecule has 0 aromatic carbocycles. The van der Waals surface area contributed by atoms with Gasteiger partial charge in [-0.2, -0.15) is 0 Å². The number of hydrogen-bond acceptors (Lipinski definition) is 3. The summed E-state index contributed by atoms with van der Waals surface area (Å²) in [5.74, 6) is 2.29. The van der Waals surface area contributed by atoms with Crippen molar-refractivity contribution in [3.8, 4) is 0 Å². The van der Waals surface area contributed by atoms with Crippen LogP contribution >= 0.6 is 0 Å². The van der Waals surface area contributed by atoms with Crippen LogP contribution in [0.5, 0.6) is 0 Å². The van der Waals surface area contributed by atoms with Crippen LogP contribution in [-0.4, -0.2) is 72.9 Å². The SMILES string of the molecule is CCC/C(=C\C(=N)N1CCN(CCN(CCC)CCC2CCC2)CC1)C(C)C. The molecule has 0 spiro atoms. The number of nitrogens with one attached hydrogen (secondary N) is 1. The summed E-state index contributed by atoms with van der Waals surface area (Å²) in [5.41, 5.74) is 1.43. The van der Waals surface area contributed by atoms with Gasteiger partial charge in [-0.3, -0.25) is 10.3 Å². The van der Waals surface area contributed by atoms with E-state index >= 15 is 0 Å². The fourth-order valence-corrected chi connectivity index (χ4v) is 4.38. The highest BCUT2D eigenvalue weighted by Gasteiger charge is 2.21. The molecule has 1 heterocycles. The van der Waals surface area contributed by atoms with E-state index in [0.29, 0.717) is 5.92 Å². The molecule has 162 valence electrons. The van der Waals surface area contributed by atoms with Crippen molar-refractivity contribution in [3.63, 3.8) is 0 Å². The monoisotopic (exact) mass is 390 g/mol. The lowest BCUT2D eigenvalue weighted by Crippen LogP contribution is -2.50. The van der Waals surface area contributed by atoms with Crippen molar-refractivity contribution in [2.45, 2.75) is 72.6 Å². The molecule has 4 nitrogen and oxygen atoms in total. The van der Waals surface area contributed by atoms with Gasteiger partial charge in [0, 0.05) is 39.3 Å². The van der Waals surface area contributed by atoms with E-state index in [2.05, 4.69) is 48.5 Å². The first-order chi connectivity index (χ1) is 13.5. The van der Waals surface area contributed by atoms with Gasteiger partial charge >= 0.3 is 0 Å². The van der Waals surface area contributed by atoms with E-state index in [1.54, 1.807) is 0 Å². The third kappa shape index (κ3) is 7.87. The second-order valence-electron chi connectivity index (χ2n) is 9.27. The van der Waals surface area contributed by atoms with Crippen molar-refractivity contribution >= 4 is 5.84 Å². The third-order valence-corrected chi connectivity index (χ3v) is 6.67. The van der Waals surface area contributed by atoms with Crippen molar-refractivity contribution in [2.75, 3.05) is 52.4 Å². The normalized spacial score (nSPS) is 19.5. The molecule has 4 heteroatoms. The zero-order valence-corrected chi connectivity index (χ0v) is 19.2. The Hall–Kier alpha value is -0.870. The molecule has 2 rings (SSSR count). The van der Waals surface area contributed by atoms with Crippen LogP contribution in [0.1, 0.15) is 72.6 Å². The lowest BCUT2D eigenvalue weighted by molar-refractivity contribution is 0.146. The Morgan fingerprint density at radius 2 is 1.75 bits per heavy atom. The van der Waals surface area contributed by atoms with E-state index in [0.717, 1.165) is 44.4 Å². The van der Waals surface area contributed by atoms with E-state index in [9.17, 15) is 0 Å². The quantitative estimate of drug-likeness (QED) is 0.381. The molecule has 0 unspecified atom stereocenters. The van der Waals surface area contributed by atoms with Gasteiger partial charge in [0.15, 0.2) is 0 Å². The van der Waals surface area contributed by atoms with Crippen molar-refractivity contribution < 1.29 is 0 Å². The van der Waals surface area contributed by atoms with Gasteiger partial charge in [-0.05, 0) is 50.3 Å². The first-order valence-corrected chi connectivity index (χ1v) is 12.0. The smallest absolute Gasteiger partial charge is 0.120 e. The minimum absolute atomic E-state index is 0.547. The summed E-state index contributed by atoms with van der Waals surface area (Å²) in [6.07, 6.45) is 11.5. The van der Waals surface area contributed by atoms with Crippen LogP contribution in [0, 0.1) is 17.2 Å². The van der Waals surface area contributed by atoms with E-state index in [4.69, 9.17) is 5.41 Å². The van der Waals surface area contributed by atoms with Gasteiger partial charge in [-0.1, -0.05) is 59.0 Å². The maximum atomic E-state index is 8.52. The van der Waals surface area contributed by atoms with E-state index < -0.39 is 0 Å². The Morgan fingerprint density at radius 1 is 1.04 bits per heavy atom. The summed E-state index contributed by atoms with van der Waals surface area (Å²) in [6, 6.07) is 0. The zero-order chi connectivity index (χ0) is 20.4. The van der Waals surface area contributed by atoms with Gasteiger partial charge < -0.3 is 9.80 Å². The molecule has 1 aliphatic carbocycles. The molecular formula is C24H46N4. The Kier molecular flexibility index (Phi) is 10.6. The summed E-state index contributed by atoms with van der Waals surface area (Å²) in [6.45, 7) is 18.2. The van der Waals surface area contributed by atoms with Crippen LogP contribution in [0.25, 0.3) is 0 Å². The predicted molar refractivity (Wildman–Crippen MR) is 122 cm³/mol. The zero-order valence-electron chi connectivity index (χ0n) is 19.2. The van der Waals surface area contributed by atoms with Crippen molar-refractivity contribution in [3.05, 3.63) is 11.6 Å². The van der Waals surface area contributed by atoms with E-state index in [1.807, 2.05) is 0 Å². The molecule has 0 atom stereocenters. The van der Waals surface area contributed by atoms with Crippen molar-refractivity contribution in [1.29, 1.82) is 5.41 Å². The molecule has 0 aromatic heterocycles. The number of amidine groups is 1. The van der Waals surface area contributed by atoms with E-state index in [1.165, 1.54) is 70.3 Å². The number of allylic oxidation sites excluding steroid dienone is 1. The highest BCUT2D eigenvalue weighted by Crippen LogP contribution is 2.29. The molecule has 28 heavy (non-hydrogen) atoms. The summed E-state index contributed by atoms with van der Waals surface area (Å²) < 4.78 is 0. The molecule has 0 bridgehead atoms. The first-order valence-electron chi connectivity index (χ1n) is 12.0. The Morgan fingerprint density at radius 3 is 2.29 bits per heavy atom. The Balaban J connectivity index is 1.71. The first kappa shape index (κ1) is 23.4. The van der Waals surface area contributed by atoms with Gasteiger partial charge in [0.05, 0.1) is 0 Å². The number of piperazine rings is 1. The lowest BCUT2D eigenvalue weighted by Gasteiger charge is -2.37. The summed E-state index contributed by atoms with van der Waals surface area (Å²) in [5, 5.41) is 8.52. The summed E-state index contributed by atoms with van der Waals surface area (Å²) >= 11 is 0. The molecule has 1 N–H and O–H groups in total. The topological polar surface area (TPSA) is 33.6 Å². The third-order valence-electron chi connectivity index (χ3n) is 6.67. The number of nitrogens with zero attached hydrogens (tertiary/aromatic N) is 3. The Labute approximate surface area is 174 Å². The molecule has 0 aromatic rings. The standard InChI is InChI=1S/C24H46N4/c1-5-8-23(21(3)4)20-24(25)28-18-16-27(17-19-28)15-14-26(12-6-2)13-11-22-9-7-10-22/h20-22,25H,5-19H2,1-4H3/b23-20+,25-24?. The highest BCUT2D eigenvalue weighted by molar-refractivity contribution is 5.91. The van der Waals surface area contributed by atoms with Gasteiger partial charge in [0.2, 0.25) is 0 Å². The molecular weight excluding hydrogens is 344 g/mol. The van der Waals surface area contributed by atoms with Crippen LogP contribution in [0.4, 0.5) is 0 Å². The van der Waals surface area contributed by atoms with Crippen LogP contribution in [0.15, 0.2) is 11.6 Å². The minimum atomic E-state index is 0.547. The molecule has 0 radical (unpaired) electrons. The average molecular weight is 391 g/mol. The number of hydrogen-bond donors (Lipinski definition) is 1. The fraction of sp³-hybridized carbons (Fsp3) is 0.875. The maximum Gasteiger partial charge on any atom is 0.120 e. The van der Waals surface area contributed by atoms with Crippen LogP contribution in [0.2, 0.25) is 0 Å². The second kappa shape index (κ2) is 12.6. The molecule has 2 aliphatic rings. The van der Waals surface area contributed by atoms with Crippen molar-refractivity contribution in [2.24, 2.45) is 11.8 Å². The second-order valence-corrected chi connectivity index (χ2v) is 9.27. The maximum absolute atomic E-state index is 8.52. The molecule has 1 aliphatic heterocycles. The summed E-state index contributed by atoms with van der Waals surface area (Å²) in [7, 11) is 0. The summed E-state index contributed by atoms with van der Waals surface area (Å²) in [4.78, 5) is 7.57. The Bertz CT molecular complexity index is 473. The lowest BCUT2D eigenvalue weighted by atomic mass is 9.83. The number of rotatable bonds is 12. The minimum Gasteiger partial charge on any atom is -0.355 e. The van der Waals surface area contributed by atoms with Crippen LogP contribution in [0.3, 0.4) is 0 Å². The predicted octanol–water partition coefficient (Wildman–Crippen LogP) is 4.87. The van der Waals surface area contributed by atoms with Crippen molar-refractivity contribution in [1.82, 2.24) is 14.7 Å². The largest absolute Gasteiger partial charge is 0.355 e. The van der Waals surface area contributed by atoms with Gasteiger partial charge in [-0.25, -0.2) is 0 Å². The van der Waals surface area contributed by atoms with E-state index in [-0.39, 0.29) is 0 Å². The average Bonchev–Trinajstić information content (AvgIpc) is 2.64. The highest BCUT2D eigenvalue weighted by atomic mass is 15.3. The molecule has 2 fully saturated rings. The van der Waals surface area contributed by atoms with Gasteiger partial charge in [0.25, 0.3) is 0 Å². The molecule has 1 saturated carbocycles. The molecule has 1 saturated heterocycles. The fourth-order valence-electron chi connectivity index (χ4n) is 4.38. The van der Waals surface area contributed by atoms with Gasteiger partial charge in [-0.15, -0.1) is 0 Å². The van der Waals surface area contributed by atoms with Crippen LogP contribution < -0.4 is 0 Å². The molecule has 0 amide bonds.